The molecule has 1 aliphatic heterocycles. The Balaban J connectivity index is 1.44. The SMILES string of the molecule is Cn1nc(C(=O)NCc2cccnc2)c2c1CN(C(=O)Cc1cccc(Cl)c1)C2. The molecule has 0 bridgehead atoms. The van der Waals surface area contributed by atoms with Crippen molar-refractivity contribution in [3.63, 3.8) is 0 Å². The average Bonchev–Trinajstić information content (AvgIpc) is 3.28. The number of hydrogen-bond acceptors (Lipinski definition) is 4. The van der Waals surface area contributed by atoms with Crippen LogP contribution >= 0.6 is 11.6 Å². The number of carbonyl (C=O) groups excluding carboxylic acids is 2. The first kappa shape index (κ1) is 19.1. The number of nitrogens with one attached hydrogen (secondary N) is 1. The van der Waals surface area contributed by atoms with Gasteiger partial charge in [0, 0.05) is 36.6 Å². The molecule has 0 spiro atoms. The van der Waals surface area contributed by atoms with Crippen molar-refractivity contribution in [3.8, 4) is 0 Å². The molecule has 3 aromatic rings. The monoisotopic (exact) mass is 409 g/mol. The highest BCUT2D eigenvalue weighted by molar-refractivity contribution is 6.30. The van der Waals surface area contributed by atoms with Crippen LogP contribution in [-0.4, -0.2) is 31.5 Å². The Kier molecular flexibility index (Phi) is 5.31. The first-order valence-electron chi connectivity index (χ1n) is 9.25. The zero-order valence-electron chi connectivity index (χ0n) is 15.9. The van der Waals surface area contributed by atoms with Crippen LogP contribution in [-0.2, 0) is 37.9 Å². The number of aromatic nitrogens is 3. The lowest BCUT2D eigenvalue weighted by molar-refractivity contribution is -0.131. The van der Waals surface area contributed by atoms with E-state index in [0.717, 1.165) is 22.4 Å². The topological polar surface area (TPSA) is 80.1 Å². The molecule has 0 radical (unpaired) electrons. The van der Waals surface area contributed by atoms with Crippen LogP contribution in [0.5, 0.6) is 0 Å². The van der Waals surface area contributed by atoms with Crippen molar-refractivity contribution in [1.82, 2.24) is 25.0 Å². The molecule has 1 N–H and O–H groups in total. The van der Waals surface area contributed by atoms with Crippen molar-refractivity contribution in [3.05, 3.63) is 81.9 Å². The summed E-state index contributed by atoms with van der Waals surface area (Å²) in [5.74, 6) is -0.264. The van der Waals surface area contributed by atoms with Gasteiger partial charge in [0.2, 0.25) is 5.91 Å². The Labute approximate surface area is 173 Å². The second-order valence-corrected chi connectivity index (χ2v) is 7.43. The van der Waals surface area contributed by atoms with Crippen LogP contribution in [0.25, 0.3) is 0 Å². The highest BCUT2D eigenvalue weighted by atomic mass is 35.5. The van der Waals surface area contributed by atoms with E-state index in [1.807, 2.05) is 24.3 Å². The van der Waals surface area contributed by atoms with Crippen molar-refractivity contribution in [2.24, 2.45) is 7.05 Å². The number of benzene rings is 1. The molecule has 3 heterocycles. The molecule has 29 heavy (non-hydrogen) atoms. The third kappa shape index (κ3) is 4.14. The fraction of sp³-hybridized carbons (Fsp3) is 0.238. The third-order valence-electron chi connectivity index (χ3n) is 4.95. The molecule has 1 aliphatic rings. The minimum Gasteiger partial charge on any atom is -0.346 e. The molecular formula is C21H20ClN5O2. The van der Waals surface area contributed by atoms with Crippen molar-refractivity contribution in [2.75, 3.05) is 0 Å². The minimum absolute atomic E-state index is 0.00909. The van der Waals surface area contributed by atoms with Crippen molar-refractivity contribution in [1.29, 1.82) is 0 Å². The van der Waals surface area contributed by atoms with Gasteiger partial charge in [0.15, 0.2) is 5.69 Å². The van der Waals surface area contributed by atoms with Gasteiger partial charge in [0.25, 0.3) is 5.91 Å². The van der Waals surface area contributed by atoms with Gasteiger partial charge in [-0.25, -0.2) is 0 Å². The first-order chi connectivity index (χ1) is 14.0. The van der Waals surface area contributed by atoms with Gasteiger partial charge in [0.05, 0.1) is 25.2 Å². The van der Waals surface area contributed by atoms with Crippen LogP contribution in [0.4, 0.5) is 0 Å². The van der Waals surface area contributed by atoms with Crippen LogP contribution in [0.3, 0.4) is 0 Å². The zero-order chi connectivity index (χ0) is 20.4. The summed E-state index contributed by atoms with van der Waals surface area (Å²) in [5.41, 5.74) is 3.83. The smallest absolute Gasteiger partial charge is 0.272 e. The minimum atomic E-state index is -0.255. The Bertz CT molecular complexity index is 1060. The molecule has 0 aliphatic carbocycles. The van der Waals surface area contributed by atoms with Crippen molar-refractivity contribution in [2.45, 2.75) is 26.1 Å². The van der Waals surface area contributed by atoms with Crippen molar-refractivity contribution >= 4 is 23.4 Å². The third-order valence-corrected chi connectivity index (χ3v) is 5.19. The maximum Gasteiger partial charge on any atom is 0.272 e. The van der Waals surface area contributed by atoms with Crippen LogP contribution in [0.1, 0.15) is 32.9 Å². The number of aryl methyl sites for hydroxylation is 1. The number of amides is 2. The Morgan fingerprint density at radius 3 is 2.76 bits per heavy atom. The van der Waals surface area contributed by atoms with E-state index in [9.17, 15) is 9.59 Å². The lowest BCUT2D eigenvalue weighted by atomic mass is 10.1. The maximum atomic E-state index is 12.7. The van der Waals surface area contributed by atoms with Gasteiger partial charge in [-0.1, -0.05) is 29.8 Å². The highest BCUT2D eigenvalue weighted by Gasteiger charge is 2.31. The molecule has 8 heteroatoms. The Hall–Kier alpha value is -3.19. The summed E-state index contributed by atoms with van der Waals surface area (Å²) in [6.07, 6.45) is 3.66. The molecule has 148 valence electrons. The molecule has 0 saturated heterocycles. The standard InChI is InChI=1S/C21H20ClN5O2/c1-26-18-13-27(19(28)9-14-4-2-6-16(22)8-14)12-17(18)20(25-26)21(29)24-11-15-5-3-7-23-10-15/h2-8,10H,9,11-13H2,1H3,(H,24,29). The largest absolute Gasteiger partial charge is 0.346 e. The van der Waals surface area contributed by atoms with Gasteiger partial charge in [-0.3, -0.25) is 19.3 Å². The fourth-order valence-corrected chi connectivity index (χ4v) is 3.67. The van der Waals surface area contributed by atoms with Gasteiger partial charge in [0.1, 0.15) is 0 Å². The average molecular weight is 410 g/mol. The summed E-state index contributed by atoms with van der Waals surface area (Å²) < 4.78 is 1.68. The first-order valence-corrected chi connectivity index (χ1v) is 9.63. The van der Waals surface area contributed by atoms with Gasteiger partial charge < -0.3 is 10.2 Å². The van der Waals surface area contributed by atoms with Crippen LogP contribution in [0.15, 0.2) is 48.8 Å². The number of rotatable bonds is 5. The van der Waals surface area contributed by atoms with E-state index in [0.29, 0.717) is 30.4 Å². The van der Waals surface area contributed by atoms with Crippen molar-refractivity contribution < 1.29 is 9.59 Å². The zero-order valence-corrected chi connectivity index (χ0v) is 16.7. The summed E-state index contributed by atoms with van der Waals surface area (Å²) in [5, 5.41) is 7.85. The second-order valence-electron chi connectivity index (χ2n) is 7.00. The quantitative estimate of drug-likeness (QED) is 0.702. The number of hydrogen-bond donors (Lipinski definition) is 1. The van der Waals surface area contributed by atoms with Crippen LogP contribution in [0.2, 0.25) is 5.02 Å². The number of pyridine rings is 1. The normalized spacial score (nSPS) is 12.7. The van der Waals surface area contributed by atoms with E-state index in [1.54, 1.807) is 41.2 Å². The van der Waals surface area contributed by atoms with E-state index in [2.05, 4.69) is 15.4 Å². The molecule has 1 aromatic carbocycles. The van der Waals surface area contributed by atoms with E-state index in [4.69, 9.17) is 11.6 Å². The summed E-state index contributed by atoms with van der Waals surface area (Å²) >= 11 is 6.01. The molecule has 7 nitrogen and oxygen atoms in total. The molecule has 0 fully saturated rings. The fourth-order valence-electron chi connectivity index (χ4n) is 3.46. The molecule has 2 amide bonds. The van der Waals surface area contributed by atoms with E-state index < -0.39 is 0 Å². The predicted molar refractivity (Wildman–Crippen MR) is 108 cm³/mol. The molecule has 0 saturated carbocycles. The number of carbonyl (C=O) groups is 2. The van der Waals surface area contributed by atoms with E-state index in [1.165, 1.54) is 0 Å². The molecule has 0 atom stereocenters. The molecule has 2 aromatic heterocycles. The van der Waals surface area contributed by atoms with Gasteiger partial charge in [-0.05, 0) is 29.3 Å². The molecule has 0 unspecified atom stereocenters. The van der Waals surface area contributed by atoms with Crippen LogP contribution < -0.4 is 5.32 Å². The van der Waals surface area contributed by atoms with E-state index >= 15 is 0 Å². The number of fused-ring (bicyclic) bond motifs is 1. The summed E-state index contributed by atoms with van der Waals surface area (Å²) in [6.45, 7) is 1.18. The van der Waals surface area contributed by atoms with E-state index in [-0.39, 0.29) is 18.2 Å². The van der Waals surface area contributed by atoms with Gasteiger partial charge in [-0.2, -0.15) is 5.10 Å². The van der Waals surface area contributed by atoms with Crippen LogP contribution in [0, 0.1) is 0 Å². The van der Waals surface area contributed by atoms with Gasteiger partial charge >= 0.3 is 0 Å². The second kappa shape index (κ2) is 8.05. The highest BCUT2D eigenvalue weighted by Crippen LogP contribution is 2.26. The maximum absolute atomic E-state index is 12.7. The molecule has 4 rings (SSSR count). The summed E-state index contributed by atoms with van der Waals surface area (Å²) in [4.78, 5) is 31.2. The lowest BCUT2D eigenvalue weighted by Gasteiger charge is -2.16. The Morgan fingerprint density at radius 1 is 1.17 bits per heavy atom. The number of nitrogens with zero attached hydrogens (tertiary/aromatic N) is 4. The summed E-state index contributed by atoms with van der Waals surface area (Å²) in [7, 11) is 1.79. The van der Waals surface area contributed by atoms with Gasteiger partial charge in [-0.15, -0.1) is 0 Å². The number of halogens is 1. The molecular weight excluding hydrogens is 390 g/mol. The Morgan fingerprint density at radius 2 is 2.00 bits per heavy atom. The lowest BCUT2D eigenvalue weighted by Crippen LogP contribution is -2.29. The summed E-state index contributed by atoms with van der Waals surface area (Å²) in [6, 6.07) is 11.0. The predicted octanol–water partition coefficient (Wildman–Crippen LogP) is 2.48.